The van der Waals surface area contributed by atoms with E-state index in [1.165, 1.54) is 6.92 Å². The molecule has 0 heterocycles. The Morgan fingerprint density at radius 3 is 2.25 bits per heavy atom. The van der Waals surface area contributed by atoms with Gasteiger partial charge in [-0.1, -0.05) is 0 Å². The Bertz CT molecular complexity index is 150. The molecule has 12 heavy (non-hydrogen) atoms. The first-order valence-corrected chi connectivity index (χ1v) is 2.88. The van der Waals surface area contributed by atoms with Gasteiger partial charge in [-0.25, -0.2) is 0 Å². The zero-order chi connectivity index (χ0) is 9.07. The number of carbonyl (C=O) groups is 1. The quantitative estimate of drug-likeness (QED) is 0.684. The van der Waals surface area contributed by atoms with Crippen molar-refractivity contribution < 1.29 is 22.7 Å². The minimum Gasteiger partial charge on any atom is -0.465 e. The molecule has 2 N–H and O–H groups in total. The van der Waals surface area contributed by atoms with Gasteiger partial charge < -0.3 is 10.5 Å². The van der Waals surface area contributed by atoms with Crippen molar-refractivity contribution >= 4 is 18.4 Å². The molecule has 0 spiro atoms. The van der Waals surface area contributed by atoms with Crippen LogP contribution >= 0.6 is 12.4 Å². The highest BCUT2D eigenvalue weighted by molar-refractivity contribution is 5.85. The van der Waals surface area contributed by atoms with Gasteiger partial charge in [0.2, 0.25) is 0 Å². The molecule has 0 aromatic carbocycles. The van der Waals surface area contributed by atoms with Crippen LogP contribution in [0.2, 0.25) is 0 Å². The van der Waals surface area contributed by atoms with Gasteiger partial charge in [0.15, 0.2) is 6.04 Å². The average molecular weight is 208 g/mol. The van der Waals surface area contributed by atoms with Crippen LogP contribution in [0, 0.1) is 0 Å². The van der Waals surface area contributed by atoms with Crippen molar-refractivity contribution in [1.29, 1.82) is 0 Å². The standard InChI is InChI=1S/C5H8F3NO2.ClH/c1-2-11-4(10)3(9)5(6,7)8;/h3H,2,9H2,1H3;1H/t3-;/m1./s1. The summed E-state index contributed by atoms with van der Waals surface area (Å²) in [6, 6.07) is -2.53. The molecule has 0 aliphatic carbocycles. The van der Waals surface area contributed by atoms with Crippen molar-refractivity contribution in [3.05, 3.63) is 0 Å². The molecule has 0 aliphatic heterocycles. The Kier molecular flexibility index (Phi) is 6.10. The molecule has 0 rings (SSSR count). The highest BCUT2D eigenvalue weighted by Crippen LogP contribution is 2.18. The summed E-state index contributed by atoms with van der Waals surface area (Å²) in [6.45, 7) is 1.30. The number of carbonyl (C=O) groups excluding carboxylic acids is 1. The molecule has 0 saturated carbocycles. The Hall–Kier alpha value is -0.490. The van der Waals surface area contributed by atoms with Gasteiger partial charge in [0, 0.05) is 0 Å². The fourth-order valence-electron chi connectivity index (χ4n) is 0.366. The Balaban J connectivity index is 0. The molecule has 7 heteroatoms. The number of ether oxygens (including phenoxy) is 1. The minimum absolute atomic E-state index is 0. The number of hydrogen-bond acceptors (Lipinski definition) is 3. The van der Waals surface area contributed by atoms with E-state index in [-0.39, 0.29) is 19.0 Å². The van der Waals surface area contributed by atoms with Gasteiger partial charge in [-0.05, 0) is 6.92 Å². The zero-order valence-corrected chi connectivity index (χ0v) is 7.04. The third-order valence-corrected chi connectivity index (χ3v) is 0.893. The number of esters is 1. The molecule has 0 fully saturated rings. The van der Waals surface area contributed by atoms with Crippen LogP contribution < -0.4 is 5.73 Å². The molecule has 0 radical (unpaired) electrons. The summed E-state index contributed by atoms with van der Waals surface area (Å²) in [7, 11) is 0. The minimum atomic E-state index is -4.72. The molecule has 0 aromatic heterocycles. The van der Waals surface area contributed by atoms with Crippen molar-refractivity contribution in [3.8, 4) is 0 Å². The molecule has 1 atom stereocenters. The van der Waals surface area contributed by atoms with E-state index < -0.39 is 18.2 Å². The molecule has 0 aliphatic rings. The van der Waals surface area contributed by atoms with Crippen LogP contribution in [-0.2, 0) is 9.53 Å². The van der Waals surface area contributed by atoms with Crippen LogP contribution in [0.25, 0.3) is 0 Å². The number of rotatable bonds is 2. The lowest BCUT2D eigenvalue weighted by Crippen LogP contribution is -2.45. The van der Waals surface area contributed by atoms with E-state index in [9.17, 15) is 18.0 Å². The van der Waals surface area contributed by atoms with Crippen LogP contribution in [0.4, 0.5) is 13.2 Å². The lowest BCUT2D eigenvalue weighted by atomic mass is 10.3. The molecule has 74 valence electrons. The van der Waals surface area contributed by atoms with Crippen LogP contribution in [0.15, 0.2) is 0 Å². The Morgan fingerprint density at radius 1 is 1.58 bits per heavy atom. The van der Waals surface area contributed by atoms with Gasteiger partial charge in [0.25, 0.3) is 0 Å². The summed E-state index contributed by atoms with van der Waals surface area (Å²) in [4.78, 5) is 10.3. The summed E-state index contributed by atoms with van der Waals surface area (Å²) in [5.74, 6) is -1.44. The molecule has 3 nitrogen and oxygen atoms in total. The van der Waals surface area contributed by atoms with Gasteiger partial charge in [-0.2, -0.15) is 13.2 Å². The Morgan fingerprint density at radius 2 is 2.00 bits per heavy atom. The van der Waals surface area contributed by atoms with Crippen molar-refractivity contribution in [3.63, 3.8) is 0 Å². The zero-order valence-electron chi connectivity index (χ0n) is 6.22. The molecule has 0 unspecified atom stereocenters. The van der Waals surface area contributed by atoms with Gasteiger partial charge in [0.1, 0.15) is 0 Å². The maximum atomic E-state index is 11.6. The van der Waals surface area contributed by atoms with Crippen LogP contribution in [-0.4, -0.2) is 24.8 Å². The lowest BCUT2D eigenvalue weighted by Gasteiger charge is -2.13. The number of nitrogens with two attached hydrogens (primary N) is 1. The monoisotopic (exact) mass is 207 g/mol. The number of alkyl halides is 3. The van der Waals surface area contributed by atoms with Crippen molar-refractivity contribution in [2.24, 2.45) is 5.73 Å². The lowest BCUT2D eigenvalue weighted by molar-refractivity contribution is -0.178. The molecular formula is C5H9ClF3NO2. The van der Waals surface area contributed by atoms with Crippen molar-refractivity contribution in [1.82, 2.24) is 0 Å². The fourth-order valence-corrected chi connectivity index (χ4v) is 0.366. The maximum absolute atomic E-state index is 11.6. The van der Waals surface area contributed by atoms with E-state index in [2.05, 4.69) is 10.5 Å². The van der Waals surface area contributed by atoms with Gasteiger partial charge in [-0.3, -0.25) is 4.79 Å². The van der Waals surface area contributed by atoms with Crippen LogP contribution in [0.3, 0.4) is 0 Å². The first-order chi connectivity index (χ1) is 4.89. The second-order valence-corrected chi connectivity index (χ2v) is 1.77. The van der Waals surface area contributed by atoms with E-state index >= 15 is 0 Å². The maximum Gasteiger partial charge on any atom is 0.414 e. The van der Waals surface area contributed by atoms with Crippen LogP contribution in [0.5, 0.6) is 0 Å². The summed E-state index contributed by atoms with van der Waals surface area (Å²) in [5.41, 5.74) is 4.48. The van der Waals surface area contributed by atoms with Gasteiger partial charge in [0.05, 0.1) is 6.61 Å². The van der Waals surface area contributed by atoms with E-state index in [1.54, 1.807) is 0 Å². The first-order valence-electron chi connectivity index (χ1n) is 2.88. The SMILES string of the molecule is CCOC(=O)[C@@H](N)C(F)(F)F.Cl. The van der Waals surface area contributed by atoms with Crippen LogP contribution in [0.1, 0.15) is 6.92 Å². The Labute approximate surface area is 73.5 Å². The van der Waals surface area contributed by atoms with Crippen molar-refractivity contribution in [2.75, 3.05) is 6.61 Å². The van der Waals surface area contributed by atoms with E-state index in [1.807, 2.05) is 0 Å². The van der Waals surface area contributed by atoms with Gasteiger partial charge in [-0.15, -0.1) is 12.4 Å². The second-order valence-electron chi connectivity index (χ2n) is 1.77. The van der Waals surface area contributed by atoms with Crippen molar-refractivity contribution in [2.45, 2.75) is 19.1 Å². The summed E-state index contributed by atoms with van der Waals surface area (Å²) < 4.78 is 38.8. The molecule has 0 amide bonds. The normalized spacial score (nSPS) is 13.1. The smallest absolute Gasteiger partial charge is 0.414 e. The highest BCUT2D eigenvalue weighted by Gasteiger charge is 2.42. The predicted octanol–water partition coefficient (Wildman–Crippen LogP) is 0.861. The fraction of sp³-hybridized carbons (Fsp3) is 0.800. The second kappa shape index (κ2) is 5.21. The first kappa shape index (κ1) is 14.1. The summed E-state index contributed by atoms with van der Waals surface area (Å²) in [6.07, 6.45) is -4.72. The van der Waals surface area contributed by atoms with E-state index in [4.69, 9.17) is 0 Å². The predicted molar refractivity (Wildman–Crippen MR) is 37.9 cm³/mol. The number of halogens is 4. The third-order valence-electron chi connectivity index (χ3n) is 0.893. The molecule has 0 bridgehead atoms. The van der Waals surface area contributed by atoms with Gasteiger partial charge >= 0.3 is 12.1 Å². The number of hydrogen-bond donors (Lipinski definition) is 1. The summed E-state index contributed by atoms with van der Waals surface area (Å²) >= 11 is 0. The molecule has 0 saturated heterocycles. The highest BCUT2D eigenvalue weighted by atomic mass is 35.5. The van der Waals surface area contributed by atoms with E-state index in [0.717, 1.165) is 0 Å². The summed E-state index contributed by atoms with van der Waals surface area (Å²) in [5, 5.41) is 0. The topological polar surface area (TPSA) is 52.3 Å². The largest absolute Gasteiger partial charge is 0.465 e. The molecular weight excluding hydrogens is 199 g/mol. The third kappa shape index (κ3) is 4.40. The molecule has 0 aromatic rings. The average Bonchev–Trinajstić information content (AvgIpc) is 1.85. The van der Waals surface area contributed by atoms with E-state index in [0.29, 0.717) is 0 Å².